The Morgan fingerprint density at radius 1 is 1.30 bits per heavy atom. The number of hydrogen-bond acceptors (Lipinski definition) is 5. The van der Waals surface area contributed by atoms with Crippen molar-refractivity contribution in [2.45, 2.75) is 31.4 Å². The van der Waals surface area contributed by atoms with Gasteiger partial charge in [0.25, 0.3) is 5.92 Å². The van der Waals surface area contributed by atoms with Gasteiger partial charge < -0.3 is 20.5 Å². The first kappa shape index (κ1) is 18.8. The van der Waals surface area contributed by atoms with Crippen LogP contribution in [0.1, 0.15) is 18.4 Å². The standard InChI is InChI=1S/C15H20F2N2O4/c1-22-13(20)12(7-8-15(16,17)10-18)19-14(21)23-9-11-5-3-2-4-6-11/h2-6,12H,7-10,18H2,1H3,(H,19,21). The predicted molar refractivity (Wildman–Crippen MR) is 78.8 cm³/mol. The molecule has 3 N–H and O–H groups in total. The molecule has 0 fully saturated rings. The molecule has 8 heteroatoms. The second kappa shape index (κ2) is 9.04. The van der Waals surface area contributed by atoms with E-state index in [9.17, 15) is 18.4 Å². The highest BCUT2D eigenvalue weighted by atomic mass is 19.3. The van der Waals surface area contributed by atoms with Crippen LogP contribution in [0.25, 0.3) is 0 Å². The minimum absolute atomic E-state index is 0.000471. The first-order valence-electron chi connectivity index (χ1n) is 7.01. The molecule has 1 aromatic carbocycles. The van der Waals surface area contributed by atoms with Gasteiger partial charge in [0.15, 0.2) is 0 Å². The number of ether oxygens (including phenoxy) is 2. The average molecular weight is 330 g/mol. The average Bonchev–Trinajstić information content (AvgIpc) is 2.57. The topological polar surface area (TPSA) is 90.6 Å². The van der Waals surface area contributed by atoms with Crippen molar-refractivity contribution < 1.29 is 27.8 Å². The molecule has 1 aromatic rings. The lowest BCUT2D eigenvalue weighted by molar-refractivity contribution is -0.143. The third-order valence-electron chi connectivity index (χ3n) is 3.09. The summed E-state index contributed by atoms with van der Waals surface area (Å²) in [7, 11) is 1.10. The minimum Gasteiger partial charge on any atom is -0.467 e. The van der Waals surface area contributed by atoms with E-state index in [1.165, 1.54) is 0 Å². The van der Waals surface area contributed by atoms with Crippen LogP contribution in [0.2, 0.25) is 0 Å². The number of alkyl carbamates (subject to hydrolysis) is 1. The second-order valence-electron chi connectivity index (χ2n) is 4.88. The maximum atomic E-state index is 13.2. The van der Waals surface area contributed by atoms with Gasteiger partial charge in [-0.25, -0.2) is 18.4 Å². The van der Waals surface area contributed by atoms with Gasteiger partial charge in [-0.3, -0.25) is 0 Å². The summed E-state index contributed by atoms with van der Waals surface area (Å²) in [5.41, 5.74) is 5.69. The molecule has 0 saturated carbocycles. The van der Waals surface area contributed by atoms with E-state index in [2.05, 4.69) is 10.1 Å². The Hall–Kier alpha value is -2.22. The largest absolute Gasteiger partial charge is 0.467 e. The molecule has 0 radical (unpaired) electrons. The fourth-order valence-corrected chi connectivity index (χ4v) is 1.76. The Bertz CT molecular complexity index is 511. The fourth-order valence-electron chi connectivity index (χ4n) is 1.76. The molecule has 1 amide bonds. The van der Waals surface area contributed by atoms with Crippen LogP contribution in [0, 0.1) is 0 Å². The molecular formula is C15H20F2N2O4. The highest BCUT2D eigenvalue weighted by molar-refractivity contribution is 5.81. The van der Waals surface area contributed by atoms with Crippen LogP contribution in [0.5, 0.6) is 0 Å². The van der Waals surface area contributed by atoms with Gasteiger partial charge in [-0.1, -0.05) is 30.3 Å². The van der Waals surface area contributed by atoms with E-state index in [1.807, 2.05) is 6.07 Å². The number of esters is 1. The van der Waals surface area contributed by atoms with Crippen LogP contribution in [0.3, 0.4) is 0 Å². The minimum atomic E-state index is -3.11. The lowest BCUT2D eigenvalue weighted by Crippen LogP contribution is -2.43. The summed E-state index contributed by atoms with van der Waals surface area (Å²) in [6.45, 7) is -0.834. The van der Waals surface area contributed by atoms with E-state index in [0.717, 1.165) is 12.7 Å². The van der Waals surface area contributed by atoms with Crippen LogP contribution >= 0.6 is 0 Å². The van der Waals surface area contributed by atoms with E-state index in [-0.39, 0.29) is 13.0 Å². The van der Waals surface area contributed by atoms with Crippen molar-refractivity contribution in [2.75, 3.05) is 13.7 Å². The fraction of sp³-hybridized carbons (Fsp3) is 0.467. The van der Waals surface area contributed by atoms with E-state index >= 15 is 0 Å². The molecule has 128 valence electrons. The van der Waals surface area contributed by atoms with E-state index in [0.29, 0.717) is 0 Å². The van der Waals surface area contributed by atoms with Crippen molar-refractivity contribution in [3.8, 4) is 0 Å². The summed E-state index contributed by atoms with van der Waals surface area (Å²) < 4.78 is 35.8. The normalized spacial score (nSPS) is 12.3. The lowest BCUT2D eigenvalue weighted by atomic mass is 10.1. The van der Waals surface area contributed by atoms with Crippen LogP contribution in [-0.2, 0) is 20.9 Å². The number of hydrogen-bond donors (Lipinski definition) is 2. The lowest BCUT2D eigenvalue weighted by Gasteiger charge is -2.19. The number of amides is 1. The van der Waals surface area contributed by atoms with Gasteiger partial charge in [0.2, 0.25) is 0 Å². The van der Waals surface area contributed by atoms with E-state index in [4.69, 9.17) is 10.5 Å². The summed E-state index contributed by atoms with van der Waals surface area (Å²) in [6, 6.07) is 7.67. The Labute approximate surface area is 132 Å². The third-order valence-corrected chi connectivity index (χ3v) is 3.09. The molecule has 0 aromatic heterocycles. The van der Waals surface area contributed by atoms with Crippen molar-refractivity contribution in [1.29, 1.82) is 0 Å². The summed E-state index contributed by atoms with van der Waals surface area (Å²) >= 11 is 0. The first-order chi connectivity index (χ1) is 10.9. The van der Waals surface area contributed by atoms with Crippen LogP contribution in [0.4, 0.5) is 13.6 Å². The Balaban J connectivity index is 2.52. The van der Waals surface area contributed by atoms with Crippen molar-refractivity contribution in [3.05, 3.63) is 35.9 Å². The molecule has 0 spiro atoms. The van der Waals surface area contributed by atoms with E-state index in [1.54, 1.807) is 24.3 Å². The number of benzene rings is 1. The number of nitrogens with one attached hydrogen (secondary N) is 1. The van der Waals surface area contributed by atoms with Crippen LogP contribution in [-0.4, -0.2) is 37.7 Å². The van der Waals surface area contributed by atoms with Crippen LogP contribution in [0.15, 0.2) is 30.3 Å². The number of carbonyl (C=O) groups excluding carboxylic acids is 2. The van der Waals surface area contributed by atoms with E-state index < -0.39 is 37.0 Å². The molecule has 0 bridgehead atoms. The number of halogens is 2. The molecule has 6 nitrogen and oxygen atoms in total. The molecule has 0 saturated heterocycles. The number of nitrogens with two attached hydrogens (primary N) is 1. The SMILES string of the molecule is COC(=O)C(CCC(F)(F)CN)NC(=O)OCc1ccccc1. The number of carbonyl (C=O) groups is 2. The summed E-state index contributed by atoms with van der Waals surface area (Å²) in [5, 5.41) is 2.22. The summed E-state index contributed by atoms with van der Waals surface area (Å²) in [5.74, 6) is -3.93. The smallest absolute Gasteiger partial charge is 0.408 e. The molecule has 1 unspecified atom stereocenters. The van der Waals surface area contributed by atoms with Crippen molar-refractivity contribution in [2.24, 2.45) is 5.73 Å². The van der Waals surface area contributed by atoms with Crippen molar-refractivity contribution >= 4 is 12.1 Å². The van der Waals surface area contributed by atoms with Gasteiger partial charge in [-0.15, -0.1) is 0 Å². The van der Waals surface area contributed by atoms with Crippen LogP contribution < -0.4 is 11.1 Å². The molecule has 0 aliphatic carbocycles. The van der Waals surface area contributed by atoms with Gasteiger partial charge in [0.1, 0.15) is 12.6 Å². The number of alkyl halides is 2. The Morgan fingerprint density at radius 2 is 1.96 bits per heavy atom. The highest BCUT2D eigenvalue weighted by Crippen LogP contribution is 2.20. The summed E-state index contributed by atoms with van der Waals surface area (Å²) in [4.78, 5) is 23.2. The summed E-state index contributed by atoms with van der Waals surface area (Å²) in [6.07, 6.45) is -1.85. The molecule has 23 heavy (non-hydrogen) atoms. The molecule has 1 rings (SSSR count). The molecule has 0 aliphatic rings. The highest BCUT2D eigenvalue weighted by Gasteiger charge is 2.31. The maximum absolute atomic E-state index is 13.2. The second-order valence-corrected chi connectivity index (χ2v) is 4.88. The van der Waals surface area contributed by atoms with Gasteiger partial charge in [0, 0.05) is 6.42 Å². The molecule has 0 aliphatic heterocycles. The maximum Gasteiger partial charge on any atom is 0.408 e. The Morgan fingerprint density at radius 3 is 2.52 bits per heavy atom. The monoisotopic (exact) mass is 330 g/mol. The third kappa shape index (κ3) is 7.05. The Kier molecular flexibility index (Phi) is 7.40. The molecular weight excluding hydrogens is 310 g/mol. The van der Waals surface area contributed by atoms with Gasteiger partial charge in [-0.2, -0.15) is 0 Å². The quantitative estimate of drug-likeness (QED) is 0.710. The van der Waals surface area contributed by atoms with Gasteiger partial charge in [-0.05, 0) is 12.0 Å². The van der Waals surface area contributed by atoms with Gasteiger partial charge >= 0.3 is 12.1 Å². The number of rotatable bonds is 8. The predicted octanol–water partition coefficient (Wildman–Crippen LogP) is 1.83. The molecule has 1 atom stereocenters. The molecule has 0 heterocycles. The van der Waals surface area contributed by atoms with Crippen molar-refractivity contribution in [3.63, 3.8) is 0 Å². The zero-order valence-corrected chi connectivity index (χ0v) is 12.8. The van der Waals surface area contributed by atoms with Gasteiger partial charge in [0.05, 0.1) is 13.7 Å². The zero-order chi connectivity index (χ0) is 17.3. The van der Waals surface area contributed by atoms with Crippen molar-refractivity contribution in [1.82, 2.24) is 5.32 Å². The first-order valence-corrected chi connectivity index (χ1v) is 7.01. The number of methoxy groups -OCH3 is 1. The zero-order valence-electron chi connectivity index (χ0n) is 12.8.